The van der Waals surface area contributed by atoms with Crippen molar-refractivity contribution in [3.63, 3.8) is 0 Å². The number of nitrogens with zero attached hydrogens (tertiary/aromatic N) is 1. The normalized spacial score (nSPS) is 16.7. The standard InChI is InChI=1S/C21H20ClNO4/c1-14-4-6-15(7-5-14)13-23(17-10-8-16(22)9-11-17)19(24)12-18-20(25)27-21(2,3)26-18/h4-12H,13H2,1-3H3. The Bertz CT molecular complexity index is 885. The molecule has 0 bridgehead atoms. The van der Waals surface area contributed by atoms with Crippen LogP contribution in [0.3, 0.4) is 0 Å². The van der Waals surface area contributed by atoms with Crippen molar-refractivity contribution in [1.82, 2.24) is 0 Å². The minimum atomic E-state index is -1.08. The third kappa shape index (κ3) is 4.68. The van der Waals surface area contributed by atoms with Crippen LogP contribution < -0.4 is 4.90 Å². The molecule has 5 nitrogen and oxygen atoms in total. The third-order valence-electron chi connectivity index (χ3n) is 4.02. The minimum Gasteiger partial charge on any atom is -0.445 e. The quantitative estimate of drug-likeness (QED) is 0.579. The maximum absolute atomic E-state index is 12.9. The van der Waals surface area contributed by atoms with Crippen molar-refractivity contribution in [1.29, 1.82) is 0 Å². The van der Waals surface area contributed by atoms with Crippen LogP contribution in [0.2, 0.25) is 5.02 Å². The van der Waals surface area contributed by atoms with Gasteiger partial charge in [0.2, 0.25) is 11.5 Å². The van der Waals surface area contributed by atoms with Crippen LogP contribution in [0.15, 0.2) is 60.4 Å². The summed E-state index contributed by atoms with van der Waals surface area (Å²) in [5.41, 5.74) is 2.75. The lowest BCUT2D eigenvalue weighted by Crippen LogP contribution is -2.29. The highest BCUT2D eigenvalue weighted by atomic mass is 35.5. The first-order valence-corrected chi connectivity index (χ1v) is 8.88. The number of hydrogen-bond donors (Lipinski definition) is 0. The SMILES string of the molecule is Cc1ccc(CN(C(=O)C=C2OC(C)(C)OC2=O)c2ccc(Cl)cc2)cc1. The van der Waals surface area contributed by atoms with Gasteiger partial charge in [-0.05, 0) is 36.8 Å². The Hall–Kier alpha value is -2.79. The van der Waals surface area contributed by atoms with Crippen molar-refractivity contribution in [2.24, 2.45) is 0 Å². The van der Waals surface area contributed by atoms with Crippen LogP contribution in [0.1, 0.15) is 25.0 Å². The molecular formula is C21H20ClNO4. The van der Waals surface area contributed by atoms with E-state index >= 15 is 0 Å². The highest BCUT2D eigenvalue weighted by Gasteiger charge is 2.38. The second kappa shape index (κ2) is 7.45. The molecule has 1 aliphatic rings. The van der Waals surface area contributed by atoms with E-state index in [1.807, 2.05) is 31.2 Å². The molecule has 2 aromatic carbocycles. The van der Waals surface area contributed by atoms with Crippen LogP contribution >= 0.6 is 11.6 Å². The number of halogens is 1. The van der Waals surface area contributed by atoms with Crippen molar-refractivity contribution in [2.45, 2.75) is 33.1 Å². The first-order valence-electron chi connectivity index (χ1n) is 8.50. The van der Waals surface area contributed by atoms with E-state index in [1.165, 1.54) is 6.08 Å². The molecule has 1 aliphatic heterocycles. The van der Waals surface area contributed by atoms with Gasteiger partial charge in [0.25, 0.3) is 5.91 Å². The molecule has 6 heteroatoms. The van der Waals surface area contributed by atoms with Gasteiger partial charge in [-0.25, -0.2) is 4.79 Å². The number of amides is 1. The zero-order chi connectivity index (χ0) is 19.6. The first kappa shape index (κ1) is 19.0. The van der Waals surface area contributed by atoms with Crippen LogP contribution in [0, 0.1) is 6.92 Å². The summed E-state index contributed by atoms with van der Waals surface area (Å²) in [6, 6.07) is 14.8. The number of cyclic esters (lactones) is 1. The third-order valence-corrected chi connectivity index (χ3v) is 4.27. The van der Waals surface area contributed by atoms with E-state index < -0.39 is 11.8 Å². The van der Waals surface area contributed by atoms with Gasteiger partial charge in [0.05, 0.1) is 12.6 Å². The Kier molecular flexibility index (Phi) is 5.24. The Balaban J connectivity index is 1.91. The van der Waals surface area contributed by atoms with Crippen LogP contribution in [0.25, 0.3) is 0 Å². The number of carbonyl (C=O) groups is 2. The van der Waals surface area contributed by atoms with Crippen LogP contribution in [-0.4, -0.2) is 17.7 Å². The predicted octanol–water partition coefficient (Wildman–Crippen LogP) is 4.38. The topological polar surface area (TPSA) is 55.8 Å². The van der Waals surface area contributed by atoms with Gasteiger partial charge < -0.3 is 14.4 Å². The summed E-state index contributed by atoms with van der Waals surface area (Å²) in [6.07, 6.45) is 1.17. The Morgan fingerprint density at radius 3 is 2.26 bits per heavy atom. The van der Waals surface area contributed by atoms with E-state index in [4.69, 9.17) is 21.1 Å². The average Bonchev–Trinajstić information content (AvgIpc) is 2.87. The molecule has 0 aliphatic carbocycles. The molecule has 27 heavy (non-hydrogen) atoms. The van der Waals surface area contributed by atoms with Gasteiger partial charge in [0, 0.05) is 24.6 Å². The van der Waals surface area contributed by atoms with Crippen molar-refractivity contribution < 1.29 is 19.1 Å². The van der Waals surface area contributed by atoms with Crippen molar-refractivity contribution >= 4 is 29.2 Å². The summed E-state index contributed by atoms with van der Waals surface area (Å²) in [5.74, 6) is -2.22. The lowest BCUT2D eigenvalue weighted by Gasteiger charge is -2.22. The van der Waals surface area contributed by atoms with E-state index in [1.54, 1.807) is 43.0 Å². The average molecular weight is 386 g/mol. The number of hydrogen-bond acceptors (Lipinski definition) is 4. The summed E-state index contributed by atoms with van der Waals surface area (Å²) in [7, 11) is 0. The van der Waals surface area contributed by atoms with Crippen molar-refractivity contribution in [2.75, 3.05) is 4.90 Å². The fourth-order valence-electron chi connectivity index (χ4n) is 2.67. The van der Waals surface area contributed by atoms with E-state index in [9.17, 15) is 9.59 Å². The van der Waals surface area contributed by atoms with Crippen molar-refractivity contribution in [3.8, 4) is 0 Å². The maximum atomic E-state index is 12.9. The number of anilines is 1. The zero-order valence-corrected chi connectivity index (χ0v) is 16.1. The van der Waals surface area contributed by atoms with Crippen molar-refractivity contribution in [3.05, 3.63) is 76.5 Å². The molecule has 140 valence electrons. The fraction of sp³-hybridized carbons (Fsp3) is 0.238. The molecule has 0 aromatic heterocycles. The lowest BCUT2D eigenvalue weighted by molar-refractivity contribution is -0.159. The summed E-state index contributed by atoms with van der Waals surface area (Å²) >= 11 is 5.96. The van der Waals surface area contributed by atoms with Gasteiger partial charge >= 0.3 is 5.97 Å². The molecule has 0 saturated carbocycles. The second-order valence-electron chi connectivity index (χ2n) is 6.79. The largest absolute Gasteiger partial charge is 0.445 e. The fourth-order valence-corrected chi connectivity index (χ4v) is 2.80. The van der Waals surface area contributed by atoms with Gasteiger partial charge in [-0.3, -0.25) is 4.79 Å². The van der Waals surface area contributed by atoms with E-state index in [0.29, 0.717) is 17.3 Å². The molecule has 1 heterocycles. The lowest BCUT2D eigenvalue weighted by atomic mass is 10.1. The minimum absolute atomic E-state index is 0.104. The van der Waals surface area contributed by atoms with Gasteiger partial charge in [-0.15, -0.1) is 0 Å². The van der Waals surface area contributed by atoms with Crippen LogP contribution in [-0.2, 0) is 25.6 Å². The molecule has 1 saturated heterocycles. The van der Waals surface area contributed by atoms with E-state index in [-0.39, 0.29) is 11.7 Å². The van der Waals surface area contributed by atoms with E-state index in [2.05, 4.69) is 0 Å². The number of benzene rings is 2. The van der Waals surface area contributed by atoms with Crippen LogP contribution in [0.4, 0.5) is 5.69 Å². The number of carbonyl (C=O) groups excluding carboxylic acids is 2. The summed E-state index contributed by atoms with van der Waals surface area (Å²) in [4.78, 5) is 26.4. The molecule has 0 spiro atoms. The molecule has 0 unspecified atom stereocenters. The highest BCUT2D eigenvalue weighted by molar-refractivity contribution is 6.30. The first-order chi connectivity index (χ1) is 12.7. The predicted molar refractivity (Wildman–Crippen MR) is 103 cm³/mol. The Morgan fingerprint density at radius 1 is 1.07 bits per heavy atom. The van der Waals surface area contributed by atoms with Crippen LogP contribution in [0.5, 0.6) is 0 Å². The van der Waals surface area contributed by atoms with Gasteiger partial charge in [0.15, 0.2) is 0 Å². The Morgan fingerprint density at radius 2 is 1.70 bits per heavy atom. The molecular weight excluding hydrogens is 366 g/mol. The number of esters is 1. The maximum Gasteiger partial charge on any atom is 0.377 e. The second-order valence-corrected chi connectivity index (χ2v) is 7.22. The van der Waals surface area contributed by atoms with Gasteiger partial charge in [0.1, 0.15) is 0 Å². The smallest absolute Gasteiger partial charge is 0.377 e. The molecule has 0 atom stereocenters. The molecule has 0 radical (unpaired) electrons. The summed E-state index contributed by atoms with van der Waals surface area (Å²) in [6.45, 7) is 5.56. The summed E-state index contributed by atoms with van der Waals surface area (Å²) < 4.78 is 10.5. The molecule has 3 rings (SSSR count). The van der Waals surface area contributed by atoms with E-state index in [0.717, 1.165) is 11.1 Å². The number of rotatable bonds is 4. The van der Waals surface area contributed by atoms with Gasteiger partial charge in [-0.1, -0.05) is 41.4 Å². The number of aryl methyl sites for hydroxylation is 1. The zero-order valence-electron chi connectivity index (χ0n) is 15.4. The molecule has 1 fully saturated rings. The molecule has 1 amide bonds. The monoisotopic (exact) mass is 385 g/mol. The molecule has 0 N–H and O–H groups in total. The van der Waals surface area contributed by atoms with Gasteiger partial charge in [-0.2, -0.15) is 0 Å². The molecule has 2 aromatic rings. The Labute approximate surface area is 163 Å². The highest BCUT2D eigenvalue weighted by Crippen LogP contribution is 2.27. The summed E-state index contributed by atoms with van der Waals surface area (Å²) in [5, 5.41) is 0.573. The number of ether oxygens (including phenoxy) is 2.